The lowest BCUT2D eigenvalue weighted by molar-refractivity contribution is 0.00489. The molecule has 1 aromatic carbocycles. The number of hydrogen-bond donors (Lipinski definition) is 1. The van der Waals surface area contributed by atoms with Crippen molar-refractivity contribution in [2.75, 3.05) is 6.54 Å². The average molecular weight is 295 g/mol. The van der Waals surface area contributed by atoms with Crippen LogP contribution in [0.5, 0.6) is 0 Å². The number of rotatable bonds is 2. The number of ether oxygens (including phenoxy) is 1. The fraction of sp³-hybridized carbons (Fsp3) is 0.562. The molecule has 2 atom stereocenters. The summed E-state index contributed by atoms with van der Waals surface area (Å²) in [5.41, 5.74) is 0.0438. The predicted molar refractivity (Wildman–Crippen MR) is 77.3 cm³/mol. The maximum Gasteiger partial charge on any atom is 0.410 e. The summed E-state index contributed by atoms with van der Waals surface area (Å²) in [6, 6.07) is 5.39. The Balaban J connectivity index is 2.10. The first-order chi connectivity index (χ1) is 9.78. The van der Waals surface area contributed by atoms with Gasteiger partial charge in [-0.1, -0.05) is 12.1 Å². The summed E-state index contributed by atoms with van der Waals surface area (Å²) in [6.07, 6.45) is 0.284. The Hall–Kier alpha value is -1.62. The highest BCUT2D eigenvalue weighted by Gasteiger charge is 2.36. The average Bonchev–Trinajstić information content (AvgIpc) is 2.86. The number of carbonyl (C=O) groups is 1. The van der Waals surface area contributed by atoms with Crippen LogP contribution in [0.1, 0.15) is 45.3 Å². The third-order valence-electron chi connectivity index (χ3n) is 3.50. The normalized spacial score (nSPS) is 20.4. The minimum Gasteiger partial charge on any atom is -0.444 e. The van der Waals surface area contributed by atoms with Crippen LogP contribution in [0.15, 0.2) is 24.3 Å². The van der Waals surface area contributed by atoms with Crippen molar-refractivity contribution in [2.45, 2.75) is 51.4 Å². The molecule has 1 fully saturated rings. The van der Waals surface area contributed by atoms with Crippen LogP contribution in [0.25, 0.3) is 0 Å². The van der Waals surface area contributed by atoms with Crippen LogP contribution in [-0.4, -0.2) is 34.3 Å². The SMILES string of the molecule is CC(C)(C)OC(=O)N1CCC[C@H]1C(O)c1ccc(F)cc1. The number of halogens is 1. The standard InChI is InChI=1S/C16H22FNO3/c1-16(2,3)21-15(20)18-10-4-5-13(18)14(19)11-6-8-12(17)9-7-11/h6-9,13-14,19H,4-5,10H2,1-3H3/t13-,14?/m0/s1. The summed E-state index contributed by atoms with van der Waals surface area (Å²) in [6.45, 7) is 6.00. The van der Waals surface area contributed by atoms with Crippen LogP contribution in [0, 0.1) is 5.82 Å². The van der Waals surface area contributed by atoms with Gasteiger partial charge in [0.05, 0.1) is 12.1 Å². The molecule has 0 saturated carbocycles. The highest BCUT2D eigenvalue weighted by atomic mass is 19.1. The van der Waals surface area contributed by atoms with Crippen molar-refractivity contribution in [3.05, 3.63) is 35.6 Å². The molecular formula is C16H22FNO3. The van der Waals surface area contributed by atoms with Crippen LogP contribution in [-0.2, 0) is 4.74 Å². The smallest absolute Gasteiger partial charge is 0.410 e. The van der Waals surface area contributed by atoms with E-state index in [0.29, 0.717) is 18.5 Å². The monoisotopic (exact) mass is 295 g/mol. The van der Waals surface area contributed by atoms with Gasteiger partial charge >= 0.3 is 6.09 Å². The Bertz CT molecular complexity index is 495. The molecule has 5 heteroatoms. The molecule has 1 saturated heterocycles. The van der Waals surface area contributed by atoms with Gasteiger partial charge in [0.25, 0.3) is 0 Å². The zero-order valence-corrected chi connectivity index (χ0v) is 12.7. The largest absolute Gasteiger partial charge is 0.444 e. The third-order valence-corrected chi connectivity index (χ3v) is 3.50. The number of carbonyl (C=O) groups excluding carboxylic acids is 1. The summed E-state index contributed by atoms with van der Waals surface area (Å²) in [5.74, 6) is -0.346. The van der Waals surface area contributed by atoms with Gasteiger partial charge in [-0.2, -0.15) is 0 Å². The minimum atomic E-state index is -0.833. The van der Waals surface area contributed by atoms with Crippen molar-refractivity contribution < 1.29 is 19.0 Å². The molecule has 1 aliphatic rings. The zero-order chi connectivity index (χ0) is 15.6. The molecule has 1 aliphatic heterocycles. The molecule has 1 unspecified atom stereocenters. The van der Waals surface area contributed by atoms with E-state index in [9.17, 15) is 14.3 Å². The van der Waals surface area contributed by atoms with Crippen molar-refractivity contribution in [1.29, 1.82) is 0 Å². The first kappa shape index (κ1) is 15.8. The van der Waals surface area contributed by atoms with E-state index in [4.69, 9.17) is 4.74 Å². The van der Waals surface area contributed by atoms with E-state index < -0.39 is 17.8 Å². The second-order valence-electron chi connectivity index (χ2n) is 6.38. The Morgan fingerprint density at radius 3 is 2.57 bits per heavy atom. The molecule has 1 aromatic rings. The summed E-state index contributed by atoms with van der Waals surface area (Å²) in [4.78, 5) is 13.8. The van der Waals surface area contributed by atoms with Gasteiger partial charge in [-0.3, -0.25) is 0 Å². The van der Waals surface area contributed by atoms with Gasteiger partial charge in [-0.15, -0.1) is 0 Å². The number of amides is 1. The molecule has 1 amide bonds. The fourth-order valence-corrected chi connectivity index (χ4v) is 2.55. The molecule has 116 valence electrons. The van der Waals surface area contributed by atoms with Crippen LogP contribution >= 0.6 is 0 Å². The molecule has 0 aliphatic carbocycles. The number of benzene rings is 1. The molecule has 4 nitrogen and oxygen atoms in total. The van der Waals surface area contributed by atoms with Gasteiger partial charge in [-0.25, -0.2) is 9.18 Å². The second-order valence-corrected chi connectivity index (χ2v) is 6.38. The third kappa shape index (κ3) is 3.94. The lowest BCUT2D eigenvalue weighted by Crippen LogP contribution is -2.42. The van der Waals surface area contributed by atoms with Crippen LogP contribution in [0.3, 0.4) is 0 Å². The Morgan fingerprint density at radius 1 is 1.38 bits per heavy atom. The number of hydrogen-bond acceptors (Lipinski definition) is 3. The van der Waals surface area contributed by atoms with Gasteiger partial charge in [0.2, 0.25) is 0 Å². The van der Waals surface area contributed by atoms with E-state index in [1.54, 1.807) is 17.0 Å². The molecule has 2 rings (SSSR count). The quantitative estimate of drug-likeness (QED) is 0.911. The Labute approximate surface area is 124 Å². The number of aliphatic hydroxyl groups is 1. The van der Waals surface area contributed by atoms with Gasteiger partial charge in [0.1, 0.15) is 11.4 Å². The molecule has 1 N–H and O–H groups in total. The summed E-state index contributed by atoms with van der Waals surface area (Å²) in [7, 11) is 0. The number of likely N-dealkylation sites (tertiary alicyclic amines) is 1. The van der Waals surface area contributed by atoms with Crippen molar-refractivity contribution >= 4 is 6.09 Å². The predicted octanol–water partition coefficient (Wildman–Crippen LogP) is 3.26. The highest BCUT2D eigenvalue weighted by Crippen LogP contribution is 2.30. The first-order valence-corrected chi connectivity index (χ1v) is 7.21. The maximum absolute atomic E-state index is 13.0. The van der Waals surface area contributed by atoms with Crippen molar-refractivity contribution in [1.82, 2.24) is 4.90 Å². The first-order valence-electron chi connectivity index (χ1n) is 7.21. The molecule has 0 bridgehead atoms. The van der Waals surface area contributed by atoms with Gasteiger partial charge in [-0.05, 0) is 51.3 Å². The Kier molecular flexibility index (Phi) is 4.52. The van der Waals surface area contributed by atoms with Crippen LogP contribution < -0.4 is 0 Å². The number of nitrogens with zero attached hydrogens (tertiary/aromatic N) is 1. The molecule has 0 aromatic heterocycles. The minimum absolute atomic E-state index is 0.328. The highest BCUT2D eigenvalue weighted by molar-refractivity contribution is 5.69. The lowest BCUT2D eigenvalue weighted by atomic mass is 10.0. The lowest BCUT2D eigenvalue weighted by Gasteiger charge is -2.31. The topological polar surface area (TPSA) is 49.8 Å². The molecule has 1 heterocycles. The molecular weight excluding hydrogens is 273 g/mol. The van der Waals surface area contributed by atoms with Gasteiger partial charge in [0.15, 0.2) is 0 Å². The van der Waals surface area contributed by atoms with Gasteiger partial charge < -0.3 is 14.7 Å². The van der Waals surface area contributed by atoms with E-state index in [1.165, 1.54) is 12.1 Å². The zero-order valence-electron chi connectivity index (χ0n) is 12.7. The van der Waals surface area contributed by atoms with Gasteiger partial charge in [0, 0.05) is 6.54 Å². The summed E-state index contributed by atoms with van der Waals surface area (Å²) < 4.78 is 18.3. The van der Waals surface area contributed by atoms with E-state index in [1.807, 2.05) is 20.8 Å². The van der Waals surface area contributed by atoms with Crippen molar-refractivity contribution in [3.63, 3.8) is 0 Å². The number of aliphatic hydroxyl groups excluding tert-OH is 1. The summed E-state index contributed by atoms with van der Waals surface area (Å²) >= 11 is 0. The van der Waals surface area contributed by atoms with Crippen LogP contribution in [0.2, 0.25) is 0 Å². The van der Waals surface area contributed by atoms with E-state index in [0.717, 1.165) is 6.42 Å². The van der Waals surface area contributed by atoms with Crippen LogP contribution in [0.4, 0.5) is 9.18 Å². The summed E-state index contributed by atoms with van der Waals surface area (Å²) in [5, 5.41) is 10.5. The second kappa shape index (κ2) is 6.02. The van der Waals surface area contributed by atoms with Crippen molar-refractivity contribution in [2.24, 2.45) is 0 Å². The van der Waals surface area contributed by atoms with E-state index in [-0.39, 0.29) is 11.9 Å². The molecule has 21 heavy (non-hydrogen) atoms. The molecule has 0 spiro atoms. The van der Waals surface area contributed by atoms with E-state index in [2.05, 4.69) is 0 Å². The van der Waals surface area contributed by atoms with Crippen molar-refractivity contribution in [3.8, 4) is 0 Å². The molecule has 0 radical (unpaired) electrons. The maximum atomic E-state index is 13.0. The van der Waals surface area contributed by atoms with E-state index >= 15 is 0 Å². The fourth-order valence-electron chi connectivity index (χ4n) is 2.55. The Morgan fingerprint density at radius 2 is 2.00 bits per heavy atom.